The molecular weight excluding hydrogens is 286 g/mol. The van der Waals surface area contributed by atoms with E-state index in [1.54, 1.807) is 4.68 Å². The van der Waals surface area contributed by atoms with Crippen molar-refractivity contribution >= 4 is 23.2 Å². The van der Waals surface area contributed by atoms with Crippen molar-refractivity contribution in [1.82, 2.24) is 9.78 Å². The van der Waals surface area contributed by atoms with Crippen LogP contribution in [0.25, 0.3) is 0 Å². The summed E-state index contributed by atoms with van der Waals surface area (Å²) in [6.07, 6.45) is 0. The molecule has 0 fully saturated rings. The minimum Gasteiger partial charge on any atom is -0.383 e. The summed E-state index contributed by atoms with van der Waals surface area (Å²) in [6, 6.07) is 9.66. The fraction of sp³-hybridized carbons (Fsp3) is 0.333. The average Bonchev–Trinajstić information content (AvgIpc) is 2.79. The highest BCUT2D eigenvalue weighted by atomic mass is 35.5. The summed E-state index contributed by atoms with van der Waals surface area (Å²) in [7, 11) is 0. The molecule has 1 aromatic heterocycles. The van der Waals surface area contributed by atoms with Gasteiger partial charge in [0.25, 0.3) is 0 Å². The summed E-state index contributed by atoms with van der Waals surface area (Å²) in [4.78, 5) is 2.02. The van der Waals surface area contributed by atoms with E-state index < -0.39 is 0 Å². The molecule has 0 aliphatic carbocycles. The fourth-order valence-corrected chi connectivity index (χ4v) is 2.32. The first-order valence-electron chi connectivity index (χ1n) is 6.86. The van der Waals surface area contributed by atoms with Crippen LogP contribution in [0.4, 0.5) is 11.6 Å². The Hall–Kier alpha value is -2.19. The lowest BCUT2D eigenvalue weighted by Gasteiger charge is -2.17. The van der Waals surface area contributed by atoms with Crippen LogP contribution in [0.2, 0.25) is 5.02 Å². The van der Waals surface area contributed by atoms with Crippen molar-refractivity contribution < 1.29 is 0 Å². The van der Waals surface area contributed by atoms with Crippen LogP contribution in [-0.4, -0.2) is 22.9 Å². The van der Waals surface area contributed by atoms with E-state index in [-0.39, 0.29) is 0 Å². The van der Waals surface area contributed by atoms with E-state index in [0.717, 1.165) is 18.7 Å². The highest BCUT2D eigenvalue weighted by molar-refractivity contribution is 6.30. The Morgan fingerprint density at radius 1 is 1.29 bits per heavy atom. The molecular formula is C15H18ClN5. The molecule has 21 heavy (non-hydrogen) atoms. The Kier molecular flexibility index (Phi) is 4.71. The van der Waals surface area contributed by atoms with Gasteiger partial charge in [0.1, 0.15) is 17.5 Å². The molecule has 0 aliphatic heterocycles. The Bertz CT molecular complexity index is 650. The number of benzene rings is 1. The number of nitrogens with two attached hydrogens (primary N) is 1. The first-order valence-corrected chi connectivity index (χ1v) is 7.24. The molecule has 6 heteroatoms. The maximum atomic E-state index is 9.33. The zero-order chi connectivity index (χ0) is 15.4. The topological polar surface area (TPSA) is 70.9 Å². The number of halogens is 1. The Morgan fingerprint density at radius 2 is 1.90 bits per heavy atom. The van der Waals surface area contributed by atoms with E-state index in [4.69, 9.17) is 17.3 Å². The minimum atomic E-state index is 0.398. The van der Waals surface area contributed by atoms with Crippen LogP contribution < -0.4 is 10.6 Å². The highest BCUT2D eigenvalue weighted by Crippen LogP contribution is 2.25. The molecule has 2 N–H and O–H groups in total. The number of aromatic nitrogens is 2. The van der Waals surface area contributed by atoms with Gasteiger partial charge in [-0.25, -0.2) is 4.68 Å². The zero-order valence-electron chi connectivity index (χ0n) is 12.2. The van der Waals surface area contributed by atoms with Gasteiger partial charge in [0, 0.05) is 18.1 Å². The van der Waals surface area contributed by atoms with Gasteiger partial charge in [-0.05, 0) is 31.5 Å². The quantitative estimate of drug-likeness (QED) is 0.922. The van der Waals surface area contributed by atoms with Gasteiger partial charge in [0.2, 0.25) is 0 Å². The number of nitrogen functional groups attached to an aromatic ring is 1. The summed E-state index contributed by atoms with van der Waals surface area (Å²) in [6.45, 7) is 6.13. The molecule has 110 valence electrons. The van der Waals surface area contributed by atoms with Crippen LogP contribution in [0, 0.1) is 11.3 Å². The van der Waals surface area contributed by atoms with E-state index in [1.807, 2.05) is 43.0 Å². The predicted molar refractivity (Wildman–Crippen MR) is 85.5 cm³/mol. The molecule has 0 atom stereocenters. The summed E-state index contributed by atoms with van der Waals surface area (Å²) in [5.74, 6) is 1.04. The second-order valence-electron chi connectivity index (χ2n) is 4.65. The normalized spacial score (nSPS) is 10.4. The number of hydrogen-bond donors (Lipinski definition) is 1. The van der Waals surface area contributed by atoms with Gasteiger partial charge < -0.3 is 10.6 Å². The second-order valence-corrected chi connectivity index (χ2v) is 5.09. The molecule has 1 aromatic carbocycles. The van der Waals surface area contributed by atoms with Gasteiger partial charge in [-0.1, -0.05) is 23.7 Å². The SMILES string of the molecule is CCN(CC)c1nn(Cc2ccc(Cl)cc2)c(N)c1C#N. The summed E-state index contributed by atoms with van der Waals surface area (Å²) < 4.78 is 1.66. The first-order chi connectivity index (χ1) is 10.1. The third kappa shape index (κ3) is 3.11. The van der Waals surface area contributed by atoms with Gasteiger partial charge in [-0.2, -0.15) is 10.4 Å². The molecule has 2 rings (SSSR count). The molecule has 0 unspecified atom stereocenters. The van der Waals surface area contributed by atoms with Crippen molar-refractivity contribution in [2.45, 2.75) is 20.4 Å². The molecule has 0 saturated heterocycles. The molecule has 0 radical (unpaired) electrons. The smallest absolute Gasteiger partial charge is 0.170 e. The molecule has 0 aliphatic rings. The average molecular weight is 304 g/mol. The van der Waals surface area contributed by atoms with Crippen molar-refractivity contribution in [2.75, 3.05) is 23.7 Å². The monoisotopic (exact) mass is 303 g/mol. The minimum absolute atomic E-state index is 0.398. The molecule has 2 aromatic rings. The lowest BCUT2D eigenvalue weighted by atomic mass is 10.2. The Balaban J connectivity index is 2.37. The van der Waals surface area contributed by atoms with Crippen LogP contribution in [0.5, 0.6) is 0 Å². The van der Waals surface area contributed by atoms with Gasteiger partial charge in [0.15, 0.2) is 5.82 Å². The molecule has 5 nitrogen and oxygen atoms in total. The van der Waals surface area contributed by atoms with Crippen LogP contribution >= 0.6 is 11.6 Å². The Labute approximate surface area is 129 Å². The van der Waals surface area contributed by atoms with Crippen molar-refractivity contribution in [3.63, 3.8) is 0 Å². The van der Waals surface area contributed by atoms with Gasteiger partial charge in [0.05, 0.1) is 6.54 Å². The molecule has 0 spiro atoms. The lowest BCUT2D eigenvalue weighted by molar-refractivity contribution is 0.686. The standard InChI is InChI=1S/C15H18ClN5/c1-3-20(4-2)15-13(9-17)14(18)21(19-15)10-11-5-7-12(16)8-6-11/h5-8H,3-4,10,18H2,1-2H3. The number of hydrogen-bond acceptors (Lipinski definition) is 4. The lowest BCUT2D eigenvalue weighted by Crippen LogP contribution is -2.23. The van der Waals surface area contributed by atoms with Crippen LogP contribution in [-0.2, 0) is 6.54 Å². The molecule has 0 saturated carbocycles. The first kappa shape index (κ1) is 15.2. The van der Waals surface area contributed by atoms with Crippen LogP contribution in [0.3, 0.4) is 0 Å². The van der Waals surface area contributed by atoms with Crippen molar-refractivity contribution in [2.24, 2.45) is 0 Å². The van der Waals surface area contributed by atoms with E-state index >= 15 is 0 Å². The number of nitriles is 1. The summed E-state index contributed by atoms with van der Waals surface area (Å²) in [5.41, 5.74) is 7.53. The maximum Gasteiger partial charge on any atom is 0.170 e. The van der Waals surface area contributed by atoms with Gasteiger partial charge in [-0.3, -0.25) is 0 Å². The molecule has 0 bridgehead atoms. The second kappa shape index (κ2) is 6.51. The summed E-state index contributed by atoms with van der Waals surface area (Å²) >= 11 is 5.88. The third-order valence-electron chi connectivity index (χ3n) is 3.39. The highest BCUT2D eigenvalue weighted by Gasteiger charge is 2.19. The number of anilines is 2. The largest absolute Gasteiger partial charge is 0.383 e. The van der Waals surface area contributed by atoms with Crippen LogP contribution in [0.1, 0.15) is 25.0 Å². The molecule has 0 amide bonds. The van der Waals surface area contributed by atoms with Gasteiger partial charge >= 0.3 is 0 Å². The van der Waals surface area contributed by atoms with E-state index in [2.05, 4.69) is 11.2 Å². The zero-order valence-corrected chi connectivity index (χ0v) is 12.9. The predicted octanol–water partition coefficient (Wildman–Crippen LogP) is 2.88. The number of rotatable bonds is 5. The van der Waals surface area contributed by atoms with E-state index in [1.165, 1.54) is 0 Å². The van der Waals surface area contributed by atoms with Gasteiger partial charge in [-0.15, -0.1) is 0 Å². The number of nitrogens with zero attached hydrogens (tertiary/aromatic N) is 4. The fourth-order valence-electron chi connectivity index (χ4n) is 2.20. The maximum absolute atomic E-state index is 9.33. The van der Waals surface area contributed by atoms with Crippen molar-refractivity contribution in [3.8, 4) is 6.07 Å². The summed E-state index contributed by atoms with van der Waals surface area (Å²) in [5, 5.41) is 14.5. The van der Waals surface area contributed by atoms with E-state index in [0.29, 0.717) is 28.8 Å². The molecule has 1 heterocycles. The van der Waals surface area contributed by atoms with Crippen molar-refractivity contribution in [3.05, 3.63) is 40.4 Å². The van der Waals surface area contributed by atoms with Crippen molar-refractivity contribution in [1.29, 1.82) is 5.26 Å². The third-order valence-corrected chi connectivity index (χ3v) is 3.65. The Morgan fingerprint density at radius 3 is 2.43 bits per heavy atom. The van der Waals surface area contributed by atoms with Crippen LogP contribution in [0.15, 0.2) is 24.3 Å². The van der Waals surface area contributed by atoms with E-state index in [9.17, 15) is 5.26 Å².